The highest BCUT2D eigenvalue weighted by Gasteiger charge is 2.18. The normalized spacial score (nSPS) is 28.6. The van der Waals surface area contributed by atoms with Gasteiger partial charge in [0.05, 0.1) is 0 Å². The maximum Gasteiger partial charge on any atom is 0.0478 e. The minimum Gasteiger partial charge on any atom is -0.381 e. The van der Waals surface area contributed by atoms with E-state index in [1.807, 2.05) is 0 Å². The van der Waals surface area contributed by atoms with Crippen LogP contribution in [0.1, 0.15) is 64.2 Å². The Labute approximate surface area is 130 Å². The van der Waals surface area contributed by atoms with Crippen LogP contribution >= 0.6 is 11.6 Å². The first kappa shape index (κ1) is 16.6. The predicted molar refractivity (Wildman–Crippen MR) is 86.6 cm³/mol. The van der Waals surface area contributed by atoms with Crippen LogP contribution in [0.25, 0.3) is 0 Å². The Morgan fingerprint density at radius 3 is 2.35 bits per heavy atom. The number of hydrogen-bond donors (Lipinski definition) is 0. The van der Waals surface area contributed by atoms with Gasteiger partial charge in [-0.15, -0.1) is 11.6 Å². The van der Waals surface area contributed by atoms with Gasteiger partial charge < -0.3 is 9.64 Å². The summed E-state index contributed by atoms with van der Waals surface area (Å²) in [6.45, 7) is 5.76. The highest BCUT2D eigenvalue weighted by Crippen LogP contribution is 2.30. The van der Waals surface area contributed by atoms with E-state index in [-0.39, 0.29) is 0 Å². The smallest absolute Gasteiger partial charge is 0.0478 e. The van der Waals surface area contributed by atoms with Crippen molar-refractivity contribution >= 4 is 11.6 Å². The second-order valence-corrected chi connectivity index (χ2v) is 7.25. The van der Waals surface area contributed by atoms with Crippen LogP contribution in [0.3, 0.4) is 0 Å². The molecule has 1 aliphatic heterocycles. The number of alkyl halides is 1. The van der Waals surface area contributed by atoms with Crippen LogP contribution in [0.4, 0.5) is 0 Å². The molecule has 1 saturated carbocycles. The molecule has 1 heterocycles. The molecule has 1 saturated heterocycles. The first-order chi connectivity index (χ1) is 9.84. The molecule has 2 rings (SSSR count). The summed E-state index contributed by atoms with van der Waals surface area (Å²) in [5.41, 5.74) is 0. The number of likely N-dealkylation sites (tertiary alicyclic amines) is 1. The molecule has 118 valence electrons. The molecule has 0 bridgehead atoms. The van der Waals surface area contributed by atoms with Crippen molar-refractivity contribution in [3.63, 3.8) is 0 Å². The van der Waals surface area contributed by atoms with E-state index in [1.165, 1.54) is 83.8 Å². The summed E-state index contributed by atoms with van der Waals surface area (Å²) in [5, 5.41) is 0.456. The highest BCUT2D eigenvalue weighted by atomic mass is 35.5. The fourth-order valence-corrected chi connectivity index (χ4v) is 3.81. The van der Waals surface area contributed by atoms with Crippen molar-refractivity contribution in [2.45, 2.75) is 69.6 Å². The van der Waals surface area contributed by atoms with E-state index in [4.69, 9.17) is 16.3 Å². The topological polar surface area (TPSA) is 12.5 Å². The Balaban J connectivity index is 1.36. The first-order valence-electron chi connectivity index (χ1n) is 8.79. The number of ether oxygens (including phenoxy) is 1. The van der Waals surface area contributed by atoms with Gasteiger partial charge in [0.15, 0.2) is 0 Å². The molecule has 0 amide bonds. The van der Waals surface area contributed by atoms with Crippen molar-refractivity contribution in [1.29, 1.82) is 0 Å². The molecule has 0 N–H and O–H groups in total. The summed E-state index contributed by atoms with van der Waals surface area (Å²) in [4.78, 5) is 2.59. The summed E-state index contributed by atoms with van der Waals surface area (Å²) in [7, 11) is 0. The molecule has 0 aromatic carbocycles. The summed E-state index contributed by atoms with van der Waals surface area (Å²) in [6.07, 6.45) is 13.1. The van der Waals surface area contributed by atoms with Crippen LogP contribution in [0, 0.1) is 5.92 Å². The van der Waals surface area contributed by atoms with E-state index >= 15 is 0 Å². The molecule has 3 heteroatoms. The Morgan fingerprint density at radius 2 is 1.60 bits per heavy atom. The van der Waals surface area contributed by atoms with Gasteiger partial charge in [-0.2, -0.15) is 0 Å². The zero-order valence-electron chi connectivity index (χ0n) is 13.0. The van der Waals surface area contributed by atoms with Crippen molar-refractivity contribution in [1.82, 2.24) is 4.90 Å². The molecule has 1 aliphatic carbocycles. The SMILES string of the molecule is ClC1CCC(CCCOCCCN2CCCCC2)CC1. The molecule has 2 nitrogen and oxygen atoms in total. The average molecular weight is 302 g/mol. The average Bonchev–Trinajstić information content (AvgIpc) is 2.49. The Morgan fingerprint density at radius 1 is 0.900 bits per heavy atom. The van der Waals surface area contributed by atoms with Gasteiger partial charge in [-0.1, -0.05) is 6.42 Å². The van der Waals surface area contributed by atoms with Gasteiger partial charge in [-0.3, -0.25) is 0 Å². The van der Waals surface area contributed by atoms with Crippen LogP contribution in [0.2, 0.25) is 0 Å². The van der Waals surface area contributed by atoms with Crippen molar-refractivity contribution in [2.24, 2.45) is 5.92 Å². The minimum absolute atomic E-state index is 0.456. The van der Waals surface area contributed by atoms with Gasteiger partial charge in [0.1, 0.15) is 0 Å². The lowest BCUT2D eigenvalue weighted by Crippen LogP contribution is -2.31. The van der Waals surface area contributed by atoms with Gasteiger partial charge in [0.2, 0.25) is 0 Å². The van der Waals surface area contributed by atoms with Gasteiger partial charge in [-0.05, 0) is 76.8 Å². The molecule has 0 atom stereocenters. The highest BCUT2D eigenvalue weighted by molar-refractivity contribution is 6.20. The van der Waals surface area contributed by atoms with Crippen LogP contribution < -0.4 is 0 Å². The molecule has 0 aromatic rings. The Bertz CT molecular complexity index is 235. The van der Waals surface area contributed by atoms with Crippen molar-refractivity contribution in [3.8, 4) is 0 Å². The zero-order chi connectivity index (χ0) is 14.0. The summed E-state index contributed by atoms with van der Waals surface area (Å²) in [5.74, 6) is 0.918. The molecule has 0 spiro atoms. The molecule has 2 fully saturated rings. The monoisotopic (exact) mass is 301 g/mol. The molecule has 0 radical (unpaired) electrons. The van der Waals surface area contributed by atoms with E-state index in [0.717, 1.165) is 19.1 Å². The maximum absolute atomic E-state index is 6.14. The fourth-order valence-electron chi connectivity index (χ4n) is 3.56. The molecule has 2 aliphatic rings. The third-order valence-corrected chi connectivity index (χ3v) is 5.33. The summed E-state index contributed by atoms with van der Waals surface area (Å²) < 4.78 is 5.78. The summed E-state index contributed by atoms with van der Waals surface area (Å²) >= 11 is 6.14. The lowest BCUT2D eigenvalue weighted by Gasteiger charge is -2.26. The van der Waals surface area contributed by atoms with E-state index in [1.54, 1.807) is 0 Å². The van der Waals surface area contributed by atoms with Gasteiger partial charge >= 0.3 is 0 Å². The second-order valence-electron chi connectivity index (χ2n) is 6.63. The maximum atomic E-state index is 6.14. The zero-order valence-corrected chi connectivity index (χ0v) is 13.8. The number of hydrogen-bond acceptors (Lipinski definition) is 2. The molecular formula is C17H32ClNO. The van der Waals surface area contributed by atoms with E-state index in [9.17, 15) is 0 Å². The second kappa shape index (κ2) is 10.0. The predicted octanol–water partition coefficient (Wildman–Crippen LogP) is 4.46. The standard InChI is InChI=1S/C17H32ClNO/c18-17-9-7-16(8-10-17)6-4-14-20-15-5-13-19-11-2-1-3-12-19/h16-17H,1-15H2. The molecule has 0 aromatic heterocycles. The quantitative estimate of drug-likeness (QED) is 0.485. The van der Waals surface area contributed by atoms with Crippen molar-refractivity contribution in [3.05, 3.63) is 0 Å². The Kier molecular flexibility index (Phi) is 8.31. The van der Waals surface area contributed by atoms with Gasteiger partial charge in [0.25, 0.3) is 0 Å². The number of piperidine rings is 1. The third kappa shape index (κ3) is 6.78. The minimum atomic E-state index is 0.456. The number of nitrogens with zero attached hydrogens (tertiary/aromatic N) is 1. The van der Waals surface area contributed by atoms with Crippen LogP contribution in [-0.4, -0.2) is 43.1 Å². The lowest BCUT2D eigenvalue weighted by atomic mass is 9.86. The van der Waals surface area contributed by atoms with Crippen molar-refractivity contribution in [2.75, 3.05) is 32.8 Å². The molecular weight excluding hydrogens is 270 g/mol. The molecule has 0 unspecified atom stereocenters. The summed E-state index contributed by atoms with van der Waals surface area (Å²) in [6, 6.07) is 0. The van der Waals surface area contributed by atoms with E-state index in [2.05, 4.69) is 4.90 Å². The number of rotatable bonds is 8. The first-order valence-corrected chi connectivity index (χ1v) is 9.22. The number of halogens is 1. The van der Waals surface area contributed by atoms with Gasteiger partial charge in [0, 0.05) is 25.1 Å². The van der Waals surface area contributed by atoms with Crippen LogP contribution in [-0.2, 0) is 4.74 Å². The van der Waals surface area contributed by atoms with Gasteiger partial charge in [-0.25, -0.2) is 0 Å². The molecule has 20 heavy (non-hydrogen) atoms. The largest absolute Gasteiger partial charge is 0.381 e. The van der Waals surface area contributed by atoms with E-state index < -0.39 is 0 Å². The fraction of sp³-hybridized carbons (Fsp3) is 1.00. The van der Waals surface area contributed by atoms with Crippen LogP contribution in [0.15, 0.2) is 0 Å². The van der Waals surface area contributed by atoms with Crippen LogP contribution in [0.5, 0.6) is 0 Å². The van der Waals surface area contributed by atoms with Crippen molar-refractivity contribution < 1.29 is 4.74 Å². The third-order valence-electron chi connectivity index (χ3n) is 4.89. The Hall–Kier alpha value is 0.210. The van der Waals surface area contributed by atoms with E-state index in [0.29, 0.717) is 5.38 Å². The lowest BCUT2D eigenvalue weighted by molar-refractivity contribution is 0.109.